The molecule has 1 aromatic carbocycles. The van der Waals surface area contributed by atoms with Crippen LogP contribution in [0.1, 0.15) is 5.56 Å². The molecule has 0 saturated carbocycles. The first-order chi connectivity index (χ1) is 9.54. The third kappa shape index (κ3) is 2.88. The van der Waals surface area contributed by atoms with Gasteiger partial charge in [0.05, 0.1) is 13.2 Å². The predicted molar refractivity (Wildman–Crippen MR) is 70.3 cm³/mol. The molecule has 1 heterocycles. The Balaban J connectivity index is 2.37. The van der Waals surface area contributed by atoms with Crippen molar-refractivity contribution < 1.29 is 18.3 Å². The highest BCUT2D eigenvalue weighted by Crippen LogP contribution is 2.28. The lowest BCUT2D eigenvalue weighted by Gasteiger charge is -2.35. The first kappa shape index (κ1) is 14.7. The van der Waals surface area contributed by atoms with Crippen LogP contribution in [-0.2, 0) is 16.1 Å². The van der Waals surface area contributed by atoms with Crippen LogP contribution in [0.5, 0.6) is 0 Å². The van der Waals surface area contributed by atoms with Crippen molar-refractivity contribution >= 4 is 11.6 Å². The molecular weight excluding hydrogens is 268 g/mol. The van der Waals surface area contributed by atoms with Crippen LogP contribution in [0.15, 0.2) is 12.1 Å². The first-order valence-electron chi connectivity index (χ1n) is 6.30. The summed E-state index contributed by atoms with van der Waals surface area (Å²) >= 11 is 0. The number of nitrogens with zero attached hydrogens (tertiary/aromatic N) is 1. The van der Waals surface area contributed by atoms with E-state index in [0.29, 0.717) is 18.7 Å². The van der Waals surface area contributed by atoms with Gasteiger partial charge >= 0.3 is 0 Å². The van der Waals surface area contributed by atoms with Gasteiger partial charge in [0.2, 0.25) is 5.91 Å². The van der Waals surface area contributed by atoms with Gasteiger partial charge in [0.15, 0.2) is 0 Å². The minimum Gasteiger partial charge on any atom is -0.377 e. The largest absolute Gasteiger partial charge is 0.377 e. The summed E-state index contributed by atoms with van der Waals surface area (Å²) in [4.78, 5) is 12.7. The van der Waals surface area contributed by atoms with Crippen LogP contribution in [0.25, 0.3) is 0 Å². The van der Waals surface area contributed by atoms with E-state index in [1.54, 1.807) is 7.05 Å². The molecule has 0 bridgehead atoms. The monoisotopic (exact) mass is 285 g/mol. The second-order valence-corrected chi connectivity index (χ2v) is 4.62. The maximum atomic E-state index is 14.2. The highest BCUT2D eigenvalue weighted by molar-refractivity contribution is 5.84. The summed E-state index contributed by atoms with van der Waals surface area (Å²) in [5, 5.41) is 2.82. The van der Waals surface area contributed by atoms with Gasteiger partial charge in [-0.2, -0.15) is 0 Å². The van der Waals surface area contributed by atoms with E-state index in [0.717, 1.165) is 0 Å². The smallest absolute Gasteiger partial charge is 0.242 e. The van der Waals surface area contributed by atoms with E-state index in [9.17, 15) is 13.6 Å². The average molecular weight is 285 g/mol. The number of carbonyl (C=O) groups is 1. The van der Waals surface area contributed by atoms with Gasteiger partial charge in [-0.3, -0.25) is 4.79 Å². The normalized spacial score (nSPS) is 19.1. The summed E-state index contributed by atoms with van der Waals surface area (Å²) < 4.78 is 33.4. The number of amides is 1. The van der Waals surface area contributed by atoms with Gasteiger partial charge in [-0.15, -0.1) is 0 Å². The summed E-state index contributed by atoms with van der Waals surface area (Å²) in [5.41, 5.74) is 5.53. The third-order valence-corrected chi connectivity index (χ3v) is 3.20. The van der Waals surface area contributed by atoms with E-state index in [4.69, 9.17) is 10.5 Å². The van der Waals surface area contributed by atoms with E-state index >= 15 is 0 Å². The number of halogens is 2. The maximum absolute atomic E-state index is 14.2. The second kappa shape index (κ2) is 6.15. The number of nitrogens with two attached hydrogens (primary N) is 1. The molecule has 1 fully saturated rings. The van der Waals surface area contributed by atoms with Gasteiger partial charge in [-0.05, 0) is 24.7 Å². The predicted octanol–water partition coefficient (Wildman–Crippen LogP) is 0.375. The number of primary amides is 1. The van der Waals surface area contributed by atoms with E-state index < -0.39 is 23.6 Å². The Morgan fingerprint density at radius 2 is 2.15 bits per heavy atom. The minimum absolute atomic E-state index is 0.0342. The van der Waals surface area contributed by atoms with Crippen molar-refractivity contribution in [2.45, 2.75) is 12.6 Å². The molecule has 0 radical (unpaired) electrons. The van der Waals surface area contributed by atoms with E-state index in [1.807, 2.05) is 0 Å². The van der Waals surface area contributed by atoms with Crippen LogP contribution in [0.4, 0.5) is 14.5 Å². The fourth-order valence-electron chi connectivity index (χ4n) is 2.31. The summed E-state index contributed by atoms with van der Waals surface area (Å²) in [6.45, 7) is 0.900. The van der Waals surface area contributed by atoms with Gasteiger partial charge in [0.1, 0.15) is 23.4 Å². The number of hydrogen-bond acceptors (Lipinski definition) is 4. The fourth-order valence-corrected chi connectivity index (χ4v) is 2.31. The number of carbonyl (C=O) groups excluding carboxylic acids is 1. The zero-order valence-corrected chi connectivity index (χ0v) is 11.2. The van der Waals surface area contributed by atoms with E-state index in [2.05, 4.69) is 5.32 Å². The number of rotatable bonds is 4. The van der Waals surface area contributed by atoms with Crippen molar-refractivity contribution in [2.24, 2.45) is 5.73 Å². The van der Waals surface area contributed by atoms with Crippen molar-refractivity contribution in [3.05, 3.63) is 29.3 Å². The van der Waals surface area contributed by atoms with Crippen molar-refractivity contribution in [2.75, 3.05) is 31.7 Å². The Bertz CT molecular complexity index is 487. The lowest BCUT2D eigenvalue weighted by molar-refractivity contribution is -0.121. The van der Waals surface area contributed by atoms with E-state index in [1.165, 1.54) is 17.0 Å². The van der Waals surface area contributed by atoms with Gasteiger partial charge < -0.3 is 20.7 Å². The molecule has 0 aliphatic carbocycles. The van der Waals surface area contributed by atoms with Crippen LogP contribution in [0, 0.1) is 11.6 Å². The van der Waals surface area contributed by atoms with Gasteiger partial charge in [0.25, 0.3) is 0 Å². The molecule has 1 amide bonds. The molecule has 1 aliphatic heterocycles. The summed E-state index contributed by atoms with van der Waals surface area (Å²) in [5.74, 6) is -2.07. The molecule has 1 unspecified atom stereocenters. The van der Waals surface area contributed by atoms with Crippen molar-refractivity contribution in [1.29, 1.82) is 0 Å². The molecule has 1 atom stereocenters. The molecule has 5 nitrogen and oxygen atoms in total. The van der Waals surface area contributed by atoms with Crippen LogP contribution in [0.3, 0.4) is 0 Å². The quantitative estimate of drug-likeness (QED) is 0.839. The second-order valence-electron chi connectivity index (χ2n) is 4.62. The number of anilines is 1. The fraction of sp³-hybridized carbons (Fsp3) is 0.462. The Morgan fingerprint density at radius 1 is 1.50 bits per heavy atom. The van der Waals surface area contributed by atoms with Crippen molar-refractivity contribution in [1.82, 2.24) is 5.32 Å². The van der Waals surface area contributed by atoms with Gasteiger partial charge in [-0.1, -0.05) is 0 Å². The Hall–Kier alpha value is -1.73. The lowest BCUT2D eigenvalue weighted by atomic mass is 10.1. The van der Waals surface area contributed by atoms with Gasteiger partial charge in [-0.25, -0.2) is 8.78 Å². The molecule has 0 spiro atoms. The molecule has 1 saturated heterocycles. The number of benzene rings is 1. The Kier molecular flexibility index (Phi) is 4.51. The molecule has 1 aliphatic rings. The van der Waals surface area contributed by atoms with E-state index in [-0.39, 0.29) is 18.8 Å². The highest BCUT2D eigenvalue weighted by Gasteiger charge is 2.31. The third-order valence-electron chi connectivity index (χ3n) is 3.20. The molecular formula is C13H17F2N3O2. The summed E-state index contributed by atoms with van der Waals surface area (Å²) in [7, 11) is 1.69. The first-order valence-corrected chi connectivity index (χ1v) is 6.30. The van der Waals surface area contributed by atoms with Gasteiger partial charge in [0, 0.05) is 13.1 Å². The lowest BCUT2D eigenvalue weighted by Crippen LogP contribution is -2.53. The van der Waals surface area contributed by atoms with Crippen LogP contribution < -0.4 is 16.0 Å². The summed E-state index contributed by atoms with van der Waals surface area (Å²) in [6, 6.07) is 1.65. The molecule has 1 aromatic rings. The zero-order chi connectivity index (χ0) is 14.7. The standard InChI is InChI=1S/C13H17F2N3O2/c1-17-6-8-4-9(14)12(10(15)5-8)18-2-3-20-7-11(18)13(16)19/h4-5,11,17H,2-3,6-7H2,1H3,(H2,16,19). The Labute approximate surface area is 115 Å². The minimum atomic E-state index is -0.858. The summed E-state index contributed by atoms with van der Waals surface area (Å²) in [6.07, 6.45) is 0. The molecule has 20 heavy (non-hydrogen) atoms. The molecule has 110 valence electrons. The Morgan fingerprint density at radius 3 is 2.70 bits per heavy atom. The van der Waals surface area contributed by atoms with Crippen molar-refractivity contribution in [3.8, 4) is 0 Å². The topological polar surface area (TPSA) is 67.6 Å². The number of hydrogen-bond donors (Lipinski definition) is 2. The van der Waals surface area contributed by atoms with Crippen LogP contribution in [0.2, 0.25) is 0 Å². The molecule has 0 aromatic heterocycles. The number of ether oxygens (including phenoxy) is 1. The zero-order valence-electron chi connectivity index (χ0n) is 11.2. The molecule has 2 rings (SSSR count). The number of nitrogens with one attached hydrogen (secondary N) is 1. The molecule has 7 heteroatoms. The number of morpholine rings is 1. The van der Waals surface area contributed by atoms with Crippen molar-refractivity contribution in [3.63, 3.8) is 0 Å². The van der Waals surface area contributed by atoms with Crippen LogP contribution in [-0.4, -0.2) is 38.8 Å². The highest BCUT2D eigenvalue weighted by atomic mass is 19.1. The average Bonchev–Trinajstić information content (AvgIpc) is 2.38. The van der Waals surface area contributed by atoms with Crippen LogP contribution >= 0.6 is 0 Å². The molecule has 3 N–H and O–H groups in total. The maximum Gasteiger partial charge on any atom is 0.242 e. The SMILES string of the molecule is CNCc1cc(F)c(N2CCOCC2C(N)=O)c(F)c1.